The van der Waals surface area contributed by atoms with E-state index >= 15 is 0 Å². The Balaban J connectivity index is 1.96. The third-order valence-electron chi connectivity index (χ3n) is 3.95. The van der Waals surface area contributed by atoms with Crippen molar-refractivity contribution in [2.45, 2.75) is 38.8 Å². The zero-order valence-corrected chi connectivity index (χ0v) is 11.6. The van der Waals surface area contributed by atoms with Crippen LogP contribution in [0.1, 0.15) is 38.3 Å². The molecule has 1 heterocycles. The second-order valence-corrected chi connectivity index (χ2v) is 5.23. The van der Waals surface area contributed by atoms with Crippen molar-refractivity contribution in [2.75, 3.05) is 19.6 Å². The fourth-order valence-electron chi connectivity index (χ4n) is 2.78. The van der Waals surface area contributed by atoms with Crippen LogP contribution in [0.25, 0.3) is 0 Å². The topological polar surface area (TPSA) is 15.3 Å². The Morgan fingerprint density at radius 2 is 1.84 bits per heavy atom. The number of halogens is 2. The molecule has 1 fully saturated rings. The number of likely N-dealkylation sites (tertiary alicyclic amines) is 1. The molecule has 1 saturated heterocycles. The molecule has 0 spiro atoms. The Hall–Kier alpha value is -1.00. The van der Waals surface area contributed by atoms with Gasteiger partial charge in [-0.25, -0.2) is 8.78 Å². The van der Waals surface area contributed by atoms with Crippen molar-refractivity contribution in [1.82, 2.24) is 10.2 Å². The van der Waals surface area contributed by atoms with Gasteiger partial charge in [0.1, 0.15) is 11.6 Å². The summed E-state index contributed by atoms with van der Waals surface area (Å²) in [5.74, 6) is -0.933. The molecule has 0 amide bonds. The Morgan fingerprint density at radius 1 is 1.26 bits per heavy atom. The molecule has 106 valence electrons. The van der Waals surface area contributed by atoms with Crippen LogP contribution in [0, 0.1) is 11.6 Å². The highest BCUT2D eigenvalue weighted by Crippen LogP contribution is 2.22. The molecule has 1 aromatic carbocycles. The minimum atomic E-state index is -0.467. The number of rotatable bonds is 4. The molecular weight excluding hydrogens is 246 g/mol. The van der Waals surface area contributed by atoms with Gasteiger partial charge in [-0.15, -0.1) is 0 Å². The Morgan fingerprint density at radius 3 is 2.37 bits per heavy atom. The van der Waals surface area contributed by atoms with Gasteiger partial charge in [0.25, 0.3) is 0 Å². The lowest BCUT2D eigenvalue weighted by atomic mass is 10.0. The number of hydrogen-bond donors (Lipinski definition) is 1. The molecule has 0 radical (unpaired) electrons. The van der Waals surface area contributed by atoms with Crippen molar-refractivity contribution >= 4 is 0 Å². The zero-order chi connectivity index (χ0) is 13.8. The van der Waals surface area contributed by atoms with Gasteiger partial charge in [-0.05, 0) is 51.5 Å². The minimum absolute atomic E-state index is 0.153. The van der Waals surface area contributed by atoms with Crippen molar-refractivity contribution in [3.63, 3.8) is 0 Å². The van der Waals surface area contributed by atoms with Crippen LogP contribution in [0.4, 0.5) is 8.78 Å². The van der Waals surface area contributed by atoms with E-state index in [1.165, 1.54) is 18.2 Å². The monoisotopic (exact) mass is 268 g/mol. The van der Waals surface area contributed by atoms with E-state index in [9.17, 15) is 8.78 Å². The average Bonchev–Trinajstić information content (AvgIpc) is 2.39. The first-order chi connectivity index (χ1) is 9.11. The van der Waals surface area contributed by atoms with Crippen LogP contribution in [0.15, 0.2) is 18.2 Å². The molecule has 1 atom stereocenters. The molecule has 0 saturated carbocycles. The van der Waals surface area contributed by atoms with Crippen molar-refractivity contribution < 1.29 is 8.78 Å². The Labute approximate surface area is 113 Å². The molecule has 0 aromatic heterocycles. The predicted octanol–water partition coefficient (Wildman–Crippen LogP) is 3.10. The van der Waals surface area contributed by atoms with Gasteiger partial charge in [0.05, 0.1) is 0 Å². The van der Waals surface area contributed by atoms with Crippen LogP contribution >= 0.6 is 0 Å². The lowest BCUT2D eigenvalue weighted by Crippen LogP contribution is -2.43. The lowest BCUT2D eigenvalue weighted by molar-refractivity contribution is 0.199. The molecule has 4 heteroatoms. The van der Waals surface area contributed by atoms with E-state index in [0.29, 0.717) is 6.04 Å². The maximum atomic E-state index is 13.7. The predicted molar refractivity (Wildman–Crippen MR) is 73.0 cm³/mol. The Kier molecular flexibility index (Phi) is 4.88. The second-order valence-electron chi connectivity index (χ2n) is 5.23. The van der Waals surface area contributed by atoms with Gasteiger partial charge < -0.3 is 10.2 Å². The smallest absolute Gasteiger partial charge is 0.130 e. The average molecular weight is 268 g/mol. The largest absolute Gasteiger partial charge is 0.307 e. The van der Waals surface area contributed by atoms with Crippen LogP contribution in [-0.4, -0.2) is 30.6 Å². The summed E-state index contributed by atoms with van der Waals surface area (Å²) in [7, 11) is 0. The number of piperidine rings is 1. The highest BCUT2D eigenvalue weighted by Gasteiger charge is 2.22. The number of benzene rings is 1. The van der Waals surface area contributed by atoms with Crippen molar-refractivity contribution in [2.24, 2.45) is 0 Å². The van der Waals surface area contributed by atoms with E-state index in [0.717, 1.165) is 32.5 Å². The van der Waals surface area contributed by atoms with E-state index in [4.69, 9.17) is 0 Å². The first kappa shape index (κ1) is 14.4. The molecule has 1 aliphatic rings. The quantitative estimate of drug-likeness (QED) is 0.902. The number of hydrogen-bond acceptors (Lipinski definition) is 2. The van der Waals surface area contributed by atoms with Crippen molar-refractivity contribution in [3.05, 3.63) is 35.4 Å². The van der Waals surface area contributed by atoms with Crippen molar-refractivity contribution in [3.8, 4) is 0 Å². The number of nitrogens with one attached hydrogen (secondary N) is 1. The maximum absolute atomic E-state index is 13.7. The zero-order valence-electron chi connectivity index (χ0n) is 11.6. The van der Waals surface area contributed by atoms with E-state index in [2.05, 4.69) is 17.1 Å². The van der Waals surface area contributed by atoms with Gasteiger partial charge in [0.15, 0.2) is 0 Å². The summed E-state index contributed by atoms with van der Waals surface area (Å²) < 4.78 is 27.4. The van der Waals surface area contributed by atoms with Crippen molar-refractivity contribution in [1.29, 1.82) is 0 Å². The first-order valence-corrected chi connectivity index (χ1v) is 7.04. The lowest BCUT2D eigenvalue weighted by Gasteiger charge is -2.33. The standard InChI is InChI=1S/C15H22F2N2/c1-3-19-9-7-12(8-10-19)18-11(2)15-13(16)5-4-6-14(15)17/h4-6,11-12,18H,3,7-10H2,1-2H3. The van der Waals surface area contributed by atoms with Crippen LogP contribution in [0.2, 0.25) is 0 Å². The van der Waals surface area contributed by atoms with Crippen LogP contribution in [0.3, 0.4) is 0 Å². The van der Waals surface area contributed by atoms with Crippen LogP contribution in [-0.2, 0) is 0 Å². The Bertz CT molecular complexity index is 394. The van der Waals surface area contributed by atoms with E-state index in [1.807, 2.05) is 6.92 Å². The normalized spacial score (nSPS) is 19.6. The second kappa shape index (κ2) is 6.44. The fourth-order valence-corrected chi connectivity index (χ4v) is 2.78. The third-order valence-corrected chi connectivity index (χ3v) is 3.95. The third kappa shape index (κ3) is 3.51. The van der Waals surface area contributed by atoms with Gasteiger partial charge >= 0.3 is 0 Å². The number of nitrogens with zero attached hydrogens (tertiary/aromatic N) is 1. The van der Waals surface area contributed by atoms with Gasteiger partial charge in [-0.3, -0.25) is 0 Å². The molecule has 0 bridgehead atoms. The molecule has 1 unspecified atom stereocenters. The SMILES string of the molecule is CCN1CCC(NC(C)c2c(F)cccc2F)CC1. The minimum Gasteiger partial charge on any atom is -0.307 e. The van der Waals surface area contributed by atoms with E-state index in [1.54, 1.807) is 0 Å². The molecule has 2 rings (SSSR count). The maximum Gasteiger partial charge on any atom is 0.130 e. The highest BCUT2D eigenvalue weighted by atomic mass is 19.1. The fraction of sp³-hybridized carbons (Fsp3) is 0.600. The van der Waals surface area contributed by atoms with Gasteiger partial charge in [0.2, 0.25) is 0 Å². The molecule has 1 aromatic rings. The summed E-state index contributed by atoms with van der Waals surface area (Å²) in [6, 6.07) is 4.09. The van der Waals surface area contributed by atoms with Gasteiger partial charge in [-0.2, -0.15) is 0 Å². The molecule has 2 nitrogen and oxygen atoms in total. The summed E-state index contributed by atoms with van der Waals surface area (Å²) in [4.78, 5) is 2.40. The van der Waals surface area contributed by atoms with Crippen LogP contribution in [0.5, 0.6) is 0 Å². The highest BCUT2D eigenvalue weighted by molar-refractivity contribution is 5.22. The summed E-state index contributed by atoms with van der Waals surface area (Å²) >= 11 is 0. The van der Waals surface area contributed by atoms with Gasteiger partial charge in [0, 0.05) is 17.6 Å². The molecule has 0 aliphatic carbocycles. The summed E-state index contributed by atoms with van der Waals surface area (Å²) in [5, 5.41) is 3.35. The van der Waals surface area contributed by atoms with E-state index in [-0.39, 0.29) is 11.6 Å². The van der Waals surface area contributed by atoms with E-state index < -0.39 is 11.6 Å². The molecule has 1 N–H and O–H groups in total. The van der Waals surface area contributed by atoms with Gasteiger partial charge in [-0.1, -0.05) is 13.0 Å². The summed E-state index contributed by atoms with van der Waals surface area (Å²) in [6.45, 7) is 7.17. The molecule has 1 aliphatic heterocycles. The summed E-state index contributed by atoms with van der Waals surface area (Å²) in [6.07, 6.45) is 2.07. The summed E-state index contributed by atoms with van der Waals surface area (Å²) in [5.41, 5.74) is 0.153. The molecular formula is C15H22F2N2. The first-order valence-electron chi connectivity index (χ1n) is 7.04. The molecule has 19 heavy (non-hydrogen) atoms. The van der Waals surface area contributed by atoms with Crippen LogP contribution < -0.4 is 5.32 Å².